The molecule has 0 atom stereocenters. The van der Waals surface area contributed by atoms with Gasteiger partial charge in [-0.25, -0.2) is 4.98 Å². The fraction of sp³-hybridized carbons (Fsp3) is 0.636. The average molecular weight is 286 g/mol. The SMILES string of the molecule is BrCCOC1CCN(c2cnccn2)CC1. The summed E-state index contributed by atoms with van der Waals surface area (Å²) in [4.78, 5) is 10.7. The molecule has 1 aliphatic rings. The molecule has 1 fully saturated rings. The van der Waals surface area contributed by atoms with Crippen LogP contribution >= 0.6 is 15.9 Å². The predicted octanol–water partition coefficient (Wildman–Crippen LogP) is 1.86. The van der Waals surface area contributed by atoms with Crippen molar-refractivity contribution in [1.29, 1.82) is 0 Å². The van der Waals surface area contributed by atoms with Gasteiger partial charge in [-0.3, -0.25) is 4.98 Å². The maximum absolute atomic E-state index is 5.71. The highest BCUT2D eigenvalue weighted by molar-refractivity contribution is 9.09. The Labute approximate surface area is 104 Å². The van der Waals surface area contributed by atoms with Gasteiger partial charge in [0.05, 0.1) is 18.9 Å². The third-order valence-corrected chi connectivity index (χ3v) is 3.07. The summed E-state index contributed by atoms with van der Waals surface area (Å²) < 4.78 is 5.71. The van der Waals surface area contributed by atoms with Gasteiger partial charge in [0.2, 0.25) is 0 Å². The molecule has 2 rings (SSSR count). The van der Waals surface area contributed by atoms with Crippen molar-refractivity contribution in [3.8, 4) is 0 Å². The molecule has 0 amide bonds. The van der Waals surface area contributed by atoms with E-state index in [0.29, 0.717) is 6.10 Å². The van der Waals surface area contributed by atoms with Crippen LogP contribution in [0.3, 0.4) is 0 Å². The highest BCUT2D eigenvalue weighted by Crippen LogP contribution is 2.18. The predicted molar refractivity (Wildman–Crippen MR) is 67.0 cm³/mol. The second-order valence-electron chi connectivity index (χ2n) is 3.81. The molecular formula is C11H16BrN3O. The number of hydrogen-bond donors (Lipinski definition) is 0. The maximum atomic E-state index is 5.71. The van der Waals surface area contributed by atoms with Gasteiger partial charge in [0.25, 0.3) is 0 Å². The molecule has 0 spiro atoms. The van der Waals surface area contributed by atoms with Crippen LogP contribution in [0.25, 0.3) is 0 Å². The fourth-order valence-corrected chi connectivity index (χ4v) is 2.10. The van der Waals surface area contributed by atoms with Crippen LogP contribution in [0.2, 0.25) is 0 Å². The molecule has 1 aromatic rings. The number of ether oxygens (including phenoxy) is 1. The third-order valence-electron chi connectivity index (χ3n) is 2.75. The number of halogens is 1. The average Bonchev–Trinajstić information content (AvgIpc) is 2.38. The van der Waals surface area contributed by atoms with Crippen molar-refractivity contribution >= 4 is 21.7 Å². The Morgan fingerprint density at radius 1 is 1.38 bits per heavy atom. The third kappa shape index (κ3) is 3.15. The normalized spacial score (nSPS) is 17.7. The monoisotopic (exact) mass is 285 g/mol. The molecule has 0 radical (unpaired) electrons. The summed E-state index contributed by atoms with van der Waals surface area (Å²) in [5.74, 6) is 0.974. The minimum Gasteiger partial charge on any atom is -0.377 e. The fourth-order valence-electron chi connectivity index (χ4n) is 1.92. The molecule has 0 aromatic carbocycles. The standard InChI is InChI=1S/C11H16BrN3O/c12-3-8-16-10-1-6-15(7-2-10)11-9-13-4-5-14-11/h4-5,9-10H,1-3,6-8H2. The number of nitrogens with zero attached hydrogens (tertiary/aromatic N) is 3. The van der Waals surface area contributed by atoms with Gasteiger partial charge in [0.1, 0.15) is 5.82 Å². The van der Waals surface area contributed by atoms with Gasteiger partial charge in [0.15, 0.2) is 0 Å². The van der Waals surface area contributed by atoms with Crippen LogP contribution in [0, 0.1) is 0 Å². The van der Waals surface area contributed by atoms with E-state index in [1.165, 1.54) is 0 Å². The van der Waals surface area contributed by atoms with E-state index in [4.69, 9.17) is 4.74 Å². The zero-order valence-corrected chi connectivity index (χ0v) is 10.8. The molecule has 4 nitrogen and oxygen atoms in total. The van der Waals surface area contributed by atoms with Crippen molar-refractivity contribution in [1.82, 2.24) is 9.97 Å². The Morgan fingerprint density at radius 2 is 2.19 bits per heavy atom. The number of piperidine rings is 1. The van der Waals surface area contributed by atoms with Gasteiger partial charge in [0, 0.05) is 30.8 Å². The Balaban J connectivity index is 1.81. The maximum Gasteiger partial charge on any atom is 0.147 e. The van der Waals surface area contributed by atoms with Crippen LogP contribution in [-0.2, 0) is 4.74 Å². The smallest absolute Gasteiger partial charge is 0.147 e. The Bertz CT molecular complexity index is 301. The van der Waals surface area contributed by atoms with Crippen molar-refractivity contribution in [2.75, 3.05) is 29.9 Å². The quantitative estimate of drug-likeness (QED) is 0.792. The molecule has 88 valence electrons. The molecule has 0 unspecified atom stereocenters. The molecule has 1 saturated heterocycles. The molecule has 2 heterocycles. The van der Waals surface area contributed by atoms with Crippen molar-refractivity contribution in [3.63, 3.8) is 0 Å². The minimum atomic E-state index is 0.408. The van der Waals surface area contributed by atoms with Crippen LogP contribution in [0.5, 0.6) is 0 Å². The first-order valence-electron chi connectivity index (χ1n) is 5.58. The molecule has 0 aliphatic carbocycles. The summed E-state index contributed by atoms with van der Waals surface area (Å²) in [5.41, 5.74) is 0. The lowest BCUT2D eigenvalue weighted by Crippen LogP contribution is -2.37. The van der Waals surface area contributed by atoms with Crippen molar-refractivity contribution in [2.45, 2.75) is 18.9 Å². The van der Waals surface area contributed by atoms with Crippen LogP contribution < -0.4 is 4.90 Å². The number of rotatable bonds is 4. The minimum absolute atomic E-state index is 0.408. The number of anilines is 1. The molecule has 0 saturated carbocycles. The van der Waals surface area contributed by atoms with Gasteiger partial charge in [-0.05, 0) is 12.8 Å². The second kappa shape index (κ2) is 6.15. The number of alkyl halides is 1. The summed E-state index contributed by atoms with van der Waals surface area (Å²) in [6, 6.07) is 0. The van der Waals surface area contributed by atoms with Gasteiger partial charge in [-0.2, -0.15) is 0 Å². The zero-order valence-electron chi connectivity index (χ0n) is 9.18. The zero-order chi connectivity index (χ0) is 11.2. The lowest BCUT2D eigenvalue weighted by Gasteiger charge is -2.32. The van der Waals surface area contributed by atoms with Crippen LogP contribution in [0.4, 0.5) is 5.82 Å². The van der Waals surface area contributed by atoms with E-state index in [1.54, 1.807) is 12.4 Å². The van der Waals surface area contributed by atoms with E-state index in [9.17, 15) is 0 Å². The first-order chi connectivity index (χ1) is 7.90. The summed E-state index contributed by atoms with van der Waals surface area (Å²) in [7, 11) is 0. The molecule has 5 heteroatoms. The first-order valence-corrected chi connectivity index (χ1v) is 6.71. The molecule has 1 aromatic heterocycles. The number of aromatic nitrogens is 2. The summed E-state index contributed by atoms with van der Waals surface area (Å²) in [5, 5.41) is 0.914. The van der Waals surface area contributed by atoms with Crippen molar-refractivity contribution < 1.29 is 4.74 Å². The van der Waals surface area contributed by atoms with E-state index in [1.807, 2.05) is 6.20 Å². The lowest BCUT2D eigenvalue weighted by molar-refractivity contribution is 0.0480. The molecule has 16 heavy (non-hydrogen) atoms. The van der Waals surface area contributed by atoms with E-state index in [0.717, 1.165) is 43.7 Å². The van der Waals surface area contributed by atoms with Gasteiger partial charge >= 0.3 is 0 Å². The van der Waals surface area contributed by atoms with Gasteiger partial charge in [-0.1, -0.05) is 15.9 Å². The van der Waals surface area contributed by atoms with E-state index < -0.39 is 0 Å². The van der Waals surface area contributed by atoms with E-state index >= 15 is 0 Å². The summed E-state index contributed by atoms with van der Waals surface area (Å²) >= 11 is 3.37. The van der Waals surface area contributed by atoms with Crippen LogP contribution in [0.15, 0.2) is 18.6 Å². The topological polar surface area (TPSA) is 38.2 Å². The Morgan fingerprint density at radius 3 is 2.81 bits per heavy atom. The van der Waals surface area contributed by atoms with Crippen LogP contribution in [-0.4, -0.2) is 41.1 Å². The second-order valence-corrected chi connectivity index (χ2v) is 4.60. The lowest BCUT2D eigenvalue weighted by atomic mass is 10.1. The summed E-state index contributed by atoms with van der Waals surface area (Å²) in [6.45, 7) is 2.81. The Hall–Kier alpha value is -0.680. The molecular weight excluding hydrogens is 270 g/mol. The Kier molecular flexibility index (Phi) is 4.54. The highest BCUT2D eigenvalue weighted by Gasteiger charge is 2.20. The molecule has 0 N–H and O–H groups in total. The van der Waals surface area contributed by atoms with E-state index in [-0.39, 0.29) is 0 Å². The summed E-state index contributed by atoms with van der Waals surface area (Å²) in [6.07, 6.45) is 7.82. The van der Waals surface area contributed by atoms with Crippen molar-refractivity contribution in [2.24, 2.45) is 0 Å². The highest BCUT2D eigenvalue weighted by atomic mass is 79.9. The molecule has 1 aliphatic heterocycles. The number of hydrogen-bond acceptors (Lipinski definition) is 4. The van der Waals surface area contributed by atoms with Gasteiger partial charge < -0.3 is 9.64 Å². The van der Waals surface area contributed by atoms with Crippen LogP contribution in [0.1, 0.15) is 12.8 Å². The first kappa shape index (κ1) is 11.8. The largest absolute Gasteiger partial charge is 0.377 e. The molecule has 0 bridgehead atoms. The van der Waals surface area contributed by atoms with Crippen molar-refractivity contribution in [3.05, 3.63) is 18.6 Å². The van der Waals surface area contributed by atoms with Gasteiger partial charge in [-0.15, -0.1) is 0 Å². The van der Waals surface area contributed by atoms with E-state index in [2.05, 4.69) is 30.8 Å².